The average Bonchev–Trinajstić information content (AvgIpc) is 2.73. The predicted octanol–water partition coefficient (Wildman–Crippen LogP) is 0.981. The number of rotatable bonds is 2. The Balaban J connectivity index is 2.25. The molecule has 0 atom stereocenters. The highest BCUT2D eigenvalue weighted by atomic mass is 19.2. The van der Waals surface area contributed by atoms with Crippen molar-refractivity contribution < 1.29 is 18.4 Å². The molecule has 0 aliphatic carbocycles. The normalized spacial score (nSPS) is 16.1. The van der Waals surface area contributed by atoms with Gasteiger partial charge in [0, 0.05) is 25.1 Å². The highest BCUT2D eigenvalue weighted by Gasteiger charge is 2.25. The van der Waals surface area contributed by atoms with Crippen LogP contribution in [0.25, 0.3) is 11.0 Å². The Morgan fingerprint density at radius 2 is 1.82 bits per heavy atom. The van der Waals surface area contributed by atoms with Gasteiger partial charge in [0.05, 0.1) is 5.52 Å². The Bertz CT molecular complexity index is 791. The zero-order valence-electron chi connectivity index (χ0n) is 11.9. The molecular weight excluding hydrogens is 296 g/mol. The van der Waals surface area contributed by atoms with E-state index in [1.807, 2.05) is 0 Å². The molecule has 3 rings (SSSR count). The Hall–Kier alpha value is -2.22. The summed E-state index contributed by atoms with van der Waals surface area (Å²) in [4.78, 5) is 28.6. The van der Waals surface area contributed by atoms with E-state index >= 15 is 0 Å². The third-order valence-corrected chi connectivity index (χ3v) is 3.77. The maximum absolute atomic E-state index is 13.6. The van der Waals surface area contributed by atoms with Crippen LogP contribution in [0.5, 0.6) is 0 Å². The summed E-state index contributed by atoms with van der Waals surface area (Å²) in [6, 6.07) is 1.68. The molecule has 0 saturated carbocycles. The van der Waals surface area contributed by atoms with Crippen LogP contribution in [-0.2, 0) is 4.79 Å². The topological polar surface area (TPSA) is 65.3 Å². The minimum absolute atomic E-state index is 0.0395. The lowest BCUT2D eigenvalue weighted by Gasteiger charge is -2.23. The third kappa shape index (κ3) is 2.39. The molecule has 2 aromatic rings. The predicted molar refractivity (Wildman–Crippen MR) is 74.5 cm³/mol. The minimum Gasteiger partial charge on any atom is -0.332 e. The quantitative estimate of drug-likeness (QED) is 0.898. The SMILES string of the molecule is CC(=O)On1c(=O)n(C2CCNCC2)c2cc(F)c(F)cc21. The molecule has 22 heavy (non-hydrogen) atoms. The molecule has 1 aromatic carbocycles. The van der Waals surface area contributed by atoms with Crippen LogP contribution in [0.2, 0.25) is 0 Å². The number of carbonyl (C=O) groups is 1. The van der Waals surface area contributed by atoms with E-state index < -0.39 is 23.3 Å². The van der Waals surface area contributed by atoms with E-state index in [0.29, 0.717) is 12.8 Å². The van der Waals surface area contributed by atoms with Crippen molar-refractivity contribution in [1.29, 1.82) is 0 Å². The first-order chi connectivity index (χ1) is 10.5. The highest BCUT2D eigenvalue weighted by molar-refractivity contribution is 5.77. The smallest absolute Gasteiger partial charge is 0.332 e. The molecular formula is C14H15F2N3O3. The van der Waals surface area contributed by atoms with Crippen molar-refractivity contribution in [3.63, 3.8) is 0 Å². The monoisotopic (exact) mass is 311 g/mol. The van der Waals surface area contributed by atoms with Gasteiger partial charge in [0.1, 0.15) is 5.52 Å². The maximum Gasteiger partial charge on any atom is 0.362 e. The first-order valence-electron chi connectivity index (χ1n) is 7.00. The van der Waals surface area contributed by atoms with Crippen LogP contribution in [-0.4, -0.2) is 28.4 Å². The number of aromatic nitrogens is 2. The number of halogens is 2. The van der Waals surface area contributed by atoms with Crippen molar-refractivity contribution >= 4 is 17.0 Å². The van der Waals surface area contributed by atoms with Gasteiger partial charge in [-0.2, -0.15) is 0 Å². The summed E-state index contributed by atoms with van der Waals surface area (Å²) < 4.78 is 29.2. The summed E-state index contributed by atoms with van der Waals surface area (Å²) in [5, 5.41) is 3.17. The molecule has 0 radical (unpaired) electrons. The highest BCUT2D eigenvalue weighted by Crippen LogP contribution is 2.24. The van der Waals surface area contributed by atoms with Crippen LogP contribution in [0.15, 0.2) is 16.9 Å². The average molecular weight is 311 g/mol. The van der Waals surface area contributed by atoms with Crippen LogP contribution < -0.4 is 15.8 Å². The Kier molecular flexibility index (Phi) is 3.69. The van der Waals surface area contributed by atoms with Gasteiger partial charge in [-0.05, 0) is 25.9 Å². The van der Waals surface area contributed by atoms with Crippen LogP contribution in [0.3, 0.4) is 0 Å². The standard InChI is InChI=1S/C14H15F2N3O3/c1-8(20)22-19-13-7-11(16)10(15)6-12(13)18(14(19)21)9-2-4-17-5-3-9/h6-7,9,17H,2-5H2,1H3. The molecule has 1 aromatic heterocycles. The van der Waals surface area contributed by atoms with E-state index in [1.165, 1.54) is 4.57 Å². The summed E-state index contributed by atoms with van der Waals surface area (Å²) in [7, 11) is 0. The Morgan fingerprint density at radius 3 is 2.41 bits per heavy atom. The molecule has 1 saturated heterocycles. The van der Waals surface area contributed by atoms with Gasteiger partial charge < -0.3 is 10.2 Å². The fourth-order valence-corrected chi connectivity index (χ4v) is 2.82. The number of hydrogen-bond donors (Lipinski definition) is 1. The molecule has 1 N–H and O–H groups in total. The van der Waals surface area contributed by atoms with Crippen molar-refractivity contribution in [1.82, 2.24) is 14.6 Å². The number of piperidine rings is 1. The molecule has 0 spiro atoms. The van der Waals surface area contributed by atoms with Gasteiger partial charge in [-0.15, -0.1) is 4.73 Å². The van der Waals surface area contributed by atoms with Gasteiger partial charge >= 0.3 is 11.7 Å². The Labute approximate surface area is 124 Å². The maximum atomic E-state index is 13.6. The zero-order valence-corrected chi connectivity index (χ0v) is 11.9. The summed E-state index contributed by atoms with van der Waals surface area (Å²) in [5.41, 5.74) is -0.350. The fraction of sp³-hybridized carbons (Fsp3) is 0.429. The van der Waals surface area contributed by atoms with E-state index in [-0.39, 0.29) is 17.1 Å². The second-order valence-electron chi connectivity index (χ2n) is 5.27. The molecule has 0 unspecified atom stereocenters. The van der Waals surface area contributed by atoms with E-state index in [1.54, 1.807) is 0 Å². The van der Waals surface area contributed by atoms with Gasteiger partial charge in [0.15, 0.2) is 11.6 Å². The van der Waals surface area contributed by atoms with Gasteiger partial charge in [0.2, 0.25) is 0 Å². The van der Waals surface area contributed by atoms with E-state index in [2.05, 4.69) is 5.32 Å². The number of hydrogen-bond acceptors (Lipinski definition) is 4. The third-order valence-electron chi connectivity index (χ3n) is 3.77. The molecule has 0 amide bonds. The number of benzene rings is 1. The number of imidazole rings is 1. The van der Waals surface area contributed by atoms with Gasteiger partial charge in [0.25, 0.3) is 0 Å². The van der Waals surface area contributed by atoms with Gasteiger partial charge in [-0.25, -0.2) is 18.4 Å². The summed E-state index contributed by atoms with van der Waals surface area (Å²) in [6.07, 6.45) is 1.36. The second kappa shape index (κ2) is 5.53. The molecule has 2 heterocycles. The summed E-state index contributed by atoms with van der Waals surface area (Å²) in [6.45, 7) is 2.59. The number of nitrogens with one attached hydrogen (secondary N) is 1. The zero-order chi connectivity index (χ0) is 15.9. The molecule has 8 heteroatoms. The fourth-order valence-electron chi connectivity index (χ4n) is 2.82. The van der Waals surface area contributed by atoms with Crippen molar-refractivity contribution in [3.05, 3.63) is 34.3 Å². The van der Waals surface area contributed by atoms with Crippen LogP contribution >= 0.6 is 0 Å². The molecule has 118 valence electrons. The number of carbonyl (C=O) groups excluding carboxylic acids is 1. The molecule has 1 aliphatic heterocycles. The Morgan fingerprint density at radius 1 is 1.23 bits per heavy atom. The van der Waals surface area contributed by atoms with Crippen molar-refractivity contribution in [2.75, 3.05) is 13.1 Å². The summed E-state index contributed by atoms with van der Waals surface area (Å²) in [5.74, 6) is -2.86. The van der Waals surface area contributed by atoms with Crippen molar-refractivity contribution in [2.24, 2.45) is 0 Å². The second-order valence-corrected chi connectivity index (χ2v) is 5.27. The molecule has 1 fully saturated rings. The lowest BCUT2D eigenvalue weighted by atomic mass is 10.1. The first-order valence-corrected chi connectivity index (χ1v) is 7.00. The largest absolute Gasteiger partial charge is 0.362 e. The van der Waals surface area contributed by atoms with Gasteiger partial charge in [-0.1, -0.05) is 0 Å². The van der Waals surface area contributed by atoms with E-state index in [4.69, 9.17) is 4.84 Å². The lowest BCUT2D eigenvalue weighted by Crippen LogP contribution is -2.36. The van der Waals surface area contributed by atoms with Crippen molar-refractivity contribution in [3.8, 4) is 0 Å². The van der Waals surface area contributed by atoms with Crippen molar-refractivity contribution in [2.45, 2.75) is 25.8 Å². The number of nitrogens with zero attached hydrogens (tertiary/aromatic N) is 2. The minimum atomic E-state index is -1.10. The molecule has 1 aliphatic rings. The molecule has 0 bridgehead atoms. The first kappa shape index (κ1) is 14.7. The van der Waals surface area contributed by atoms with Crippen LogP contribution in [0.1, 0.15) is 25.8 Å². The van der Waals surface area contributed by atoms with Gasteiger partial charge in [-0.3, -0.25) is 4.57 Å². The molecule has 6 nitrogen and oxygen atoms in total. The van der Waals surface area contributed by atoms with E-state index in [9.17, 15) is 18.4 Å². The number of fused-ring (bicyclic) bond motifs is 1. The van der Waals surface area contributed by atoms with Crippen LogP contribution in [0, 0.1) is 11.6 Å². The van der Waals surface area contributed by atoms with Crippen LogP contribution in [0.4, 0.5) is 8.78 Å². The van der Waals surface area contributed by atoms with E-state index in [0.717, 1.165) is 36.9 Å². The summed E-state index contributed by atoms with van der Waals surface area (Å²) >= 11 is 0. The lowest BCUT2D eigenvalue weighted by molar-refractivity contribution is -0.141.